The van der Waals surface area contributed by atoms with Crippen molar-refractivity contribution in [3.8, 4) is 11.1 Å². The van der Waals surface area contributed by atoms with Crippen LogP contribution in [0.15, 0.2) is 83.8 Å². The number of carbonyl (C=O) groups excluding carboxylic acids is 1. The summed E-state index contributed by atoms with van der Waals surface area (Å²) in [5.74, 6) is -1.05. The summed E-state index contributed by atoms with van der Waals surface area (Å²) in [4.78, 5) is 15.9. The molecule has 0 aliphatic rings. The van der Waals surface area contributed by atoms with E-state index in [2.05, 4.69) is 10.3 Å². The summed E-state index contributed by atoms with van der Waals surface area (Å²) in [6.07, 6.45) is 0. The summed E-state index contributed by atoms with van der Waals surface area (Å²) < 4.78 is 14.7. The highest BCUT2D eigenvalue weighted by molar-refractivity contribution is 7.97. The van der Waals surface area contributed by atoms with Crippen LogP contribution in [-0.2, 0) is 0 Å². The lowest BCUT2D eigenvalue weighted by Crippen LogP contribution is -2.33. The summed E-state index contributed by atoms with van der Waals surface area (Å²) >= 11 is 1.25. The summed E-state index contributed by atoms with van der Waals surface area (Å²) in [6, 6.07) is 23.5. The fourth-order valence-electron chi connectivity index (χ4n) is 2.23. The molecule has 0 atom stereocenters. The molecule has 0 saturated carbocycles. The monoisotopic (exact) mass is 338 g/mol. The molecule has 5 heteroatoms. The van der Waals surface area contributed by atoms with E-state index in [1.165, 1.54) is 18.0 Å². The predicted octanol–water partition coefficient (Wildman–Crippen LogP) is 4.43. The molecule has 0 bridgehead atoms. The number of hydrazine groups is 1. The van der Waals surface area contributed by atoms with Crippen LogP contribution in [0.25, 0.3) is 11.1 Å². The molecule has 0 aliphatic carbocycles. The second-order valence-corrected chi connectivity index (χ2v) is 5.88. The van der Waals surface area contributed by atoms with E-state index in [4.69, 9.17) is 0 Å². The number of carbonyl (C=O) groups is 1. The number of hydrogen-bond donors (Lipinski definition) is 2. The first-order valence-electron chi connectivity index (χ1n) is 7.37. The summed E-state index contributed by atoms with van der Waals surface area (Å²) in [5.41, 5.74) is 3.63. The molecule has 0 saturated heterocycles. The number of nitrogens with one attached hydrogen (secondary N) is 2. The average Bonchev–Trinajstić information content (AvgIpc) is 2.63. The predicted molar refractivity (Wildman–Crippen MR) is 94.7 cm³/mol. The van der Waals surface area contributed by atoms with E-state index in [9.17, 15) is 9.18 Å². The van der Waals surface area contributed by atoms with Crippen molar-refractivity contribution >= 4 is 17.9 Å². The molecule has 2 N–H and O–H groups in total. The minimum Gasteiger partial charge on any atom is -0.277 e. The zero-order valence-electron chi connectivity index (χ0n) is 12.7. The molecule has 0 heterocycles. The second-order valence-electron chi connectivity index (χ2n) is 5.00. The van der Waals surface area contributed by atoms with Gasteiger partial charge in [-0.25, -0.2) is 4.39 Å². The first kappa shape index (κ1) is 16.2. The first-order chi connectivity index (χ1) is 11.8. The lowest BCUT2D eigenvalue weighted by atomic mass is 10.0. The maximum atomic E-state index is 14.7. The number of hydrogen-bond acceptors (Lipinski definition) is 3. The van der Waals surface area contributed by atoms with Gasteiger partial charge in [-0.2, -0.15) is 4.83 Å². The lowest BCUT2D eigenvalue weighted by molar-refractivity contribution is 0.0943. The molecule has 3 nitrogen and oxygen atoms in total. The van der Waals surface area contributed by atoms with Gasteiger partial charge in [0.2, 0.25) is 0 Å². The number of benzene rings is 3. The quantitative estimate of drug-likeness (QED) is 0.534. The van der Waals surface area contributed by atoms with Crippen LogP contribution in [-0.4, -0.2) is 5.91 Å². The van der Waals surface area contributed by atoms with Gasteiger partial charge >= 0.3 is 0 Å². The van der Waals surface area contributed by atoms with Crippen molar-refractivity contribution in [3.05, 3.63) is 90.2 Å². The molecule has 3 aromatic carbocycles. The second kappa shape index (κ2) is 7.77. The van der Waals surface area contributed by atoms with Gasteiger partial charge in [0.25, 0.3) is 5.91 Å². The molecule has 3 aromatic rings. The Hall–Kier alpha value is -2.63. The fraction of sp³-hybridized carbons (Fsp3) is 0. The third kappa shape index (κ3) is 3.82. The van der Waals surface area contributed by atoms with Crippen molar-refractivity contribution in [3.63, 3.8) is 0 Å². The van der Waals surface area contributed by atoms with Crippen LogP contribution in [0.5, 0.6) is 0 Å². The molecular weight excluding hydrogens is 323 g/mol. The zero-order chi connectivity index (χ0) is 16.8. The van der Waals surface area contributed by atoms with Gasteiger partial charge in [-0.05, 0) is 35.7 Å². The highest BCUT2D eigenvalue weighted by atomic mass is 32.2. The minimum absolute atomic E-state index is 0.00230. The van der Waals surface area contributed by atoms with Crippen LogP contribution >= 0.6 is 11.9 Å². The smallest absolute Gasteiger partial charge is 0.269 e. The van der Waals surface area contributed by atoms with Crippen LogP contribution in [0.1, 0.15) is 10.4 Å². The average molecular weight is 338 g/mol. The van der Waals surface area contributed by atoms with Crippen molar-refractivity contribution < 1.29 is 9.18 Å². The van der Waals surface area contributed by atoms with Gasteiger partial charge in [-0.15, -0.1) is 0 Å². The molecule has 0 unspecified atom stereocenters. The van der Waals surface area contributed by atoms with Crippen LogP contribution in [0.2, 0.25) is 0 Å². The van der Waals surface area contributed by atoms with Crippen LogP contribution in [0.3, 0.4) is 0 Å². The summed E-state index contributed by atoms with van der Waals surface area (Å²) in [7, 11) is 0. The van der Waals surface area contributed by atoms with E-state index in [0.717, 1.165) is 10.5 Å². The third-order valence-corrected chi connectivity index (χ3v) is 4.12. The normalized spacial score (nSPS) is 10.4. The van der Waals surface area contributed by atoms with E-state index in [1.54, 1.807) is 12.1 Å². The van der Waals surface area contributed by atoms with Crippen molar-refractivity contribution in [2.45, 2.75) is 4.90 Å². The summed E-state index contributed by atoms with van der Waals surface area (Å²) in [6.45, 7) is 0. The molecule has 0 radical (unpaired) electrons. The topological polar surface area (TPSA) is 41.1 Å². The van der Waals surface area contributed by atoms with Crippen molar-refractivity contribution in [2.24, 2.45) is 0 Å². The van der Waals surface area contributed by atoms with Gasteiger partial charge in [0.15, 0.2) is 0 Å². The van der Waals surface area contributed by atoms with E-state index >= 15 is 0 Å². The zero-order valence-corrected chi connectivity index (χ0v) is 13.5. The standard InChI is InChI=1S/C19H15FN2OS/c20-18-16(14-8-3-1-4-9-14)12-7-13-17(18)19(23)21-22-24-15-10-5-2-6-11-15/h1-13,22H,(H,21,23). The molecule has 0 aliphatic heterocycles. The van der Waals surface area contributed by atoms with Crippen molar-refractivity contribution in [1.82, 2.24) is 10.3 Å². The third-order valence-electron chi connectivity index (χ3n) is 3.40. The number of halogens is 1. The molecule has 0 aromatic heterocycles. The lowest BCUT2D eigenvalue weighted by Gasteiger charge is -2.10. The Morgan fingerprint density at radius 1 is 0.833 bits per heavy atom. The van der Waals surface area contributed by atoms with E-state index < -0.39 is 11.7 Å². The van der Waals surface area contributed by atoms with Gasteiger partial charge in [-0.3, -0.25) is 10.2 Å². The largest absolute Gasteiger partial charge is 0.277 e. The molecule has 0 fully saturated rings. The minimum atomic E-state index is -0.535. The number of rotatable bonds is 5. The highest BCUT2D eigenvalue weighted by Crippen LogP contribution is 2.24. The van der Waals surface area contributed by atoms with Gasteiger partial charge in [0.1, 0.15) is 5.82 Å². The number of amides is 1. The maximum Gasteiger partial charge on any atom is 0.269 e. The molecule has 120 valence electrons. The van der Waals surface area contributed by atoms with Crippen molar-refractivity contribution in [1.29, 1.82) is 0 Å². The Labute approximate surface area is 144 Å². The van der Waals surface area contributed by atoms with Gasteiger partial charge in [-0.1, -0.05) is 60.7 Å². The van der Waals surface area contributed by atoms with E-state index in [-0.39, 0.29) is 5.56 Å². The molecule has 24 heavy (non-hydrogen) atoms. The SMILES string of the molecule is O=C(NNSc1ccccc1)c1cccc(-c2ccccc2)c1F. The van der Waals surface area contributed by atoms with Crippen LogP contribution < -0.4 is 10.3 Å². The van der Waals surface area contributed by atoms with Crippen LogP contribution in [0, 0.1) is 5.82 Å². The summed E-state index contributed by atoms with van der Waals surface area (Å²) in [5, 5.41) is 0. The molecule has 1 amide bonds. The van der Waals surface area contributed by atoms with Gasteiger partial charge in [0, 0.05) is 10.5 Å². The van der Waals surface area contributed by atoms with Gasteiger partial charge < -0.3 is 0 Å². The molecule has 3 rings (SSSR count). The Bertz CT molecular complexity index is 825. The molecular formula is C19H15FN2OS. The van der Waals surface area contributed by atoms with Gasteiger partial charge in [0.05, 0.1) is 5.56 Å². The Kier molecular flexibility index (Phi) is 5.25. The Morgan fingerprint density at radius 3 is 2.21 bits per heavy atom. The van der Waals surface area contributed by atoms with E-state index in [1.807, 2.05) is 60.7 Å². The Balaban J connectivity index is 1.71. The highest BCUT2D eigenvalue weighted by Gasteiger charge is 2.15. The van der Waals surface area contributed by atoms with Crippen LogP contribution in [0.4, 0.5) is 4.39 Å². The van der Waals surface area contributed by atoms with E-state index in [0.29, 0.717) is 5.56 Å². The first-order valence-corrected chi connectivity index (χ1v) is 8.18. The maximum absolute atomic E-state index is 14.7. The molecule has 0 spiro atoms. The Morgan fingerprint density at radius 2 is 1.50 bits per heavy atom. The van der Waals surface area contributed by atoms with Crippen molar-refractivity contribution in [2.75, 3.05) is 0 Å². The fourth-order valence-corrected chi connectivity index (χ4v) is 2.79.